The third-order valence-corrected chi connectivity index (χ3v) is 11.9. The Hall–Kier alpha value is -5.42. The van der Waals surface area contributed by atoms with Crippen molar-refractivity contribution in [3.05, 3.63) is 140 Å². The van der Waals surface area contributed by atoms with E-state index in [-0.39, 0.29) is 0 Å². The second-order valence-corrected chi connectivity index (χ2v) is 14.2. The summed E-state index contributed by atoms with van der Waals surface area (Å²) in [5.74, 6) is 0. The summed E-state index contributed by atoms with van der Waals surface area (Å²) in [6.45, 7) is 0. The topological polar surface area (TPSA) is 18.1 Å². The molecular formula is C42H23NOS2. The van der Waals surface area contributed by atoms with Crippen molar-refractivity contribution in [2.45, 2.75) is 0 Å². The highest BCUT2D eigenvalue weighted by atomic mass is 32.1. The lowest BCUT2D eigenvalue weighted by molar-refractivity contribution is 0.669. The first-order valence-corrected chi connectivity index (χ1v) is 17.1. The molecule has 0 N–H and O–H groups in total. The van der Waals surface area contributed by atoms with Crippen LogP contribution in [0.5, 0.6) is 0 Å². The molecular weight excluding hydrogens is 599 g/mol. The van der Waals surface area contributed by atoms with Gasteiger partial charge in [-0.2, -0.15) is 0 Å². The zero-order chi connectivity index (χ0) is 29.9. The molecule has 7 aromatic carbocycles. The molecule has 0 fully saturated rings. The van der Waals surface area contributed by atoms with Crippen LogP contribution in [0.1, 0.15) is 0 Å². The van der Waals surface area contributed by atoms with Crippen LogP contribution in [0, 0.1) is 0 Å². The van der Waals surface area contributed by atoms with Crippen LogP contribution < -0.4 is 0 Å². The van der Waals surface area contributed by atoms with Gasteiger partial charge in [-0.25, -0.2) is 0 Å². The highest BCUT2D eigenvalue weighted by Gasteiger charge is 2.19. The number of furan rings is 1. The lowest BCUT2D eigenvalue weighted by atomic mass is 9.97. The number of rotatable bonds is 2. The van der Waals surface area contributed by atoms with Crippen LogP contribution in [-0.2, 0) is 0 Å². The summed E-state index contributed by atoms with van der Waals surface area (Å²) in [5, 5.41) is 10.2. The van der Waals surface area contributed by atoms with Crippen molar-refractivity contribution >= 4 is 107 Å². The standard InChI is InChI=1S/C42H23NOS2/c1-4-13-32-26(9-1)27-10-2-5-14-33(27)43(32)34-15-8-18-38-42(34)31-22-30-29-21-24(19-20-37(29)45-39(30)23-40(31)46-38)25-12-7-17-36-41(25)28-11-3-6-16-35(28)44-36/h1-23H. The minimum atomic E-state index is 0.929. The molecule has 0 spiro atoms. The molecule has 0 radical (unpaired) electrons. The van der Waals surface area contributed by atoms with Gasteiger partial charge in [-0.05, 0) is 71.8 Å². The van der Waals surface area contributed by atoms with E-state index in [4.69, 9.17) is 4.42 Å². The number of aromatic nitrogens is 1. The molecule has 2 nitrogen and oxygen atoms in total. The van der Waals surface area contributed by atoms with Gasteiger partial charge in [0, 0.05) is 61.9 Å². The van der Waals surface area contributed by atoms with Gasteiger partial charge in [-0.15, -0.1) is 22.7 Å². The average molecular weight is 622 g/mol. The molecule has 214 valence electrons. The second kappa shape index (κ2) is 9.07. The zero-order valence-electron chi connectivity index (χ0n) is 24.5. The molecule has 0 amide bonds. The van der Waals surface area contributed by atoms with Gasteiger partial charge in [-0.1, -0.05) is 78.9 Å². The Morgan fingerprint density at radius 1 is 0.413 bits per heavy atom. The summed E-state index contributed by atoms with van der Waals surface area (Å²) in [7, 11) is 0. The Labute approximate surface area is 270 Å². The molecule has 0 saturated heterocycles. The Morgan fingerprint density at radius 3 is 1.93 bits per heavy atom. The number of nitrogens with zero attached hydrogens (tertiary/aromatic N) is 1. The van der Waals surface area contributed by atoms with Gasteiger partial charge in [0.15, 0.2) is 0 Å². The van der Waals surface area contributed by atoms with E-state index in [0.717, 1.165) is 16.6 Å². The van der Waals surface area contributed by atoms with Crippen molar-refractivity contribution in [2.24, 2.45) is 0 Å². The highest BCUT2D eigenvalue weighted by molar-refractivity contribution is 7.28. The molecule has 0 bridgehead atoms. The largest absolute Gasteiger partial charge is 0.456 e. The normalized spacial score (nSPS) is 12.3. The number of benzene rings is 7. The number of hydrogen-bond acceptors (Lipinski definition) is 3. The fraction of sp³-hybridized carbons (Fsp3) is 0. The van der Waals surface area contributed by atoms with Gasteiger partial charge in [0.1, 0.15) is 11.2 Å². The van der Waals surface area contributed by atoms with E-state index in [1.54, 1.807) is 0 Å². The third-order valence-electron chi connectivity index (χ3n) is 9.60. The average Bonchev–Trinajstić information content (AvgIpc) is 3.85. The molecule has 11 rings (SSSR count). The predicted molar refractivity (Wildman–Crippen MR) is 199 cm³/mol. The van der Waals surface area contributed by atoms with Gasteiger partial charge < -0.3 is 8.98 Å². The van der Waals surface area contributed by atoms with Crippen molar-refractivity contribution in [3.8, 4) is 16.8 Å². The summed E-state index contributed by atoms with van der Waals surface area (Å²) in [4.78, 5) is 0. The molecule has 46 heavy (non-hydrogen) atoms. The van der Waals surface area contributed by atoms with Gasteiger partial charge >= 0.3 is 0 Å². The van der Waals surface area contributed by atoms with E-state index >= 15 is 0 Å². The van der Waals surface area contributed by atoms with Crippen LogP contribution in [0.2, 0.25) is 0 Å². The van der Waals surface area contributed by atoms with Crippen molar-refractivity contribution in [3.63, 3.8) is 0 Å². The molecule has 0 aliphatic heterocycles. The first kappa shape index (κ1) is 24.8. The molecule has 0 aliphatic rings. The first-order valence-electron chi connectivity index (χ1n) is 15.5. The fourth-order valence-corrected chi connectivity index (χ4v) is 9.96. The van der Waals surface area contributed by atoms with Crippen LogP contribution in [0.15, 0.2) is 144 Å². The molecule has 0 atom stereocenters. The van der Waals surface area contributed by atoms with Gasteiger partial charge in [-0.3, -0.25) is 0 Å². The first-order chi connectivity index (χ1) is 22.8. The van der Waals surface area contributed by atoms with Crippen molar-refractivity contribution in [1.82, 2.24) is 4.57 Å². The van der Waals surface area contributed by atoms with Crippen LogP contribution in [0.4, 0.5) is 0 Å². The van der Waals surface area contributed by atoms with E-state index in [1.165, 1.54) is 84.4 Å². The summed E-state index contributed by atoms with van der Waals surface area (Å²) >= 11 is 3.78. The highest BCUT2D eigenvalue weighted by Crippen LogP contribution is 2.46. The number of thiophene rings is 2. The number of fused-ring (bicyclic) bond motifs is 12. The molecule has 0 aliphatic carbocycles. The van der Waals surface area contributed by atoms with Crippen molar-refractivity contribution in [2.75, 3.05) is 0 Å². The predicted octanol–water partition coefficient (Wildman–Crippen LogP) is 13.1. The SMILES string of the molecule is c1ccc2c(c1)oc1cccc(-c3ccc4sc5cc6sc7cccc(-n8c9ccccc9c9ccccc98)c7c6cc5c4c3)c12. The number of para-hydroxylation sites is 3. The Bertz CT molecular complexity index is 2990. The zero-order valence-corrected chi connectivity index (χ0v) is 26.1. The Balaban J connectivity index is 1.19. The molecule has 0 saturated carbocycles. The van der Waals surface area contributed by atoms with Gasteiger partial charge in [0.05, 0.1) is 16.7 Å². The monoisotopic (exact) mass is 621 g/mol. The van der Waals surface area contributed by atoms with Crippen LogP contribution in [-0.4, -0.2) is 4.57 Å². The maximum atomic E-state index is 6.23. The minimum Gasteiger partial charge on any atom is -0.456 e. The van der Waals surface area contributed by atoms with E-state index in [1.807, 2.05) is 28.7 Å². The lowest BCUT2D eigenvalue weighted by Gasteiger charge is -2.10. The molecule has 4 heterocycles. The molecule has 0 unspecified atom stereocenters. The third kappa shape index (κ3) is 3.30. The second-order valence-electron chi connectivity index (χ2n) is 12.1. The fourth-order valence-electron chi connectivity index (χ4n) is 7.63. The van der Waals surface area contributed by atoms with E-state index in [2.05, 4.69) is 138 Å². The van der Waals surface area contributed by atoms with Crippen molar-refractivity contribution < 1.29 is 4.42 Å². The maximum absolute atomic E-state index is 6.23. The summed E-state index contributed by atoms with van der Waals surface area (Å²) in [5.41, 5.74) is 7.99. The van der Waals surface area contributed by atoms with E-state index in [9.17, 15) is 0 Å². The van der Waals surface area contributed by atoms with Gasteiger partial charge in [0.25, 0.3) is 0 Å². The molecule has 11 aromatic rings. The van der Waals surface area contributed by atoms with E-state index in [0.29, 0.717) is 0 Å². The Kier molecular flexibility index (Phi) is 4.90. The summed E-state index contributed by atoms with van der Waals surface area (Å²) in [6.07, 6.45) is 0. The van der Waals surface area contributed by atoms with Crippen LogP contribution in [0.25, 0.3) is 101 Å². The van der Waals surface area contributed by atoms with Crippen molar-refractivity contribution in [1.29, 1.82) is 0 Å². The molecule has 4 heteroatoms. The quantitative estimate of drug-likeness (QED) is 0.188. The number of hydrogen-bond donors (Lipinski definition) is 0. The summed E-state index contributed by atoms with van der Waals surface area (Å²) in [6, 6.07) is 50.9. The maximum Gasteiger partial charge on any atom is 0.136 e. The Morgan fingerprint density at radius 2 is 1.09 bits per heavy atom. The summed E-state index contributed by atoms with van der Waals surface area (Å²) < 4.78 is 14.0. The smallest absolute Gasteiger partial charge is 0.136 e. The minimum absolute atomic E-state index is 0.929. The molecule has 4 aromatic heterocycles. The van der Waals surface area contributed by atoms with Gasteiger partial charge in [0.2, 0.25) is 0 Å². The van der Waals surface area contributed by atoms with Crippen LogP contribution >= 0.6 is 22.7 Å². The lowest BCUT2D eigenvalue weighted by Crippen LogP contribution is -1.94. The van der Waals surface area contributed by atoms with E-state index < -0.39 is 0 Å². The van der Waals surface area contributed by atoms with Crippen LogP contribution in [0.3, 0.4) is 0 Å².